The van der Waals surface area contributed by atoms with Crippen molar-refractivity contribution in [3.63, 3.8) is 0 Å². The van der Waals surface area contributed by atoms with E-state index in [0.717, 1.165) is 35.3 Å². The van der Waals surface area contributed by atoms with Gasteiger partial charge in [0.2, 0.25) is 0 Å². The fourth-order valence-corrected chi connectivity index (χ4v) is 4.08. The number of ether oxygens (including phenoxy) is 1. The Morgan fingerprint density at radius 2 is 1.81 bits per heavy atom. The van der Waals surface area contributed by atoms with Crippen molar-refractivity contribution in [2.75, 3.05) is 25.1 Å². The van der Waals surface area contributed by atoms with Gasteiger partial charge in [-0.1, -0.05) is 12.1 Å². The number of methoxy groups -OCH3 is 1. The van der Waals surface area contributed by atoms with Crippen LogP contribution in [0.15, 0.2) is 29.2 Å². The molecular formula is C19H22N2O4S. The second-order valence-electron chi connectivity index (χ2n) is 6.39. The Hall–Kier alpha value is -2.28. The minimum atomic E-state index is -0.931. The monoisotopic (exact) mass is 374 g/mol. The zero-order chi connectivity index (χ0) is 18.7. The van der Waals surface area contributed by atoms with Crippen molar-refractivity contribution in [1.82, 2.24) is 4.90 Å². The molecule has 6 nitrogen and oxygen atoms in total. The lowest BCUT2D eigenvalue weighted by molar-refractivity contribution is -0.148. The zero-order valence-corrected chi connectivity index (χ0v) is 15.8. The van der Waals surface area contributed by atoms with E-state index in [1.165, 1.54) is 39.0 Å². The first-order chi connectivity index (χ1) is 12.5. The Morgan fingerprint density at radius 1 is 1.15 bits per heavy atom. The van der Waals surface area contributed by atoms with Crippen LogP contribution in [0.25, 0.3) is 6.08 Å². The Balaban J connectivity index is 1.74. The number of piperidine rings is 1. The van der Waals surface area contributed by atoms with Gasteiger partial charge in [0.15, 0.2) is 0 Å². The van der Waals surface area contributed by atoms with Crippen LogP contribution in [-0.2, 0) is 14.3 Å². The molecular weight excluding hydrogens is 352 g/mol. The first-order valence-electron chi connectivity index (χ1n) is 8.71. The lowest BCUT2D eigenvalue weighted by Gasteiger charge is -2.28. The van der Waals surface area contributed by atoms with Crippen molar-refractivity contribution in [2.24, 2.45) is 0 Å². The highest BCUT2D eigenvalue weighted by molar-refractivity contribution is 8.18. The molecule has 0 radical (unpaired) electrons. The molecule has 2 saturated heterocycles. The first kappa shape index (κ1) is 18.5. The zero-order valence-electron chi connectivity index (χ0n) is 14.9. The average molecular weight is 374 g/mol. The highest BCUT2D eigenvalue weighted by Gasteiger charge is 2.41. The van der Waals surface area contributed by atoms with Crippen LogP contribution in [0.1, 0.15) is 31.7 Å². The number of nitrogens with zero attached hydrogens (tertiary/aromatic N) is 2. The summed E-state index contributed by atoms with van der Waals surface area (Å²) in [5, 5.41) is -0.455. The van der Waals surface area contributed by atoms with Gasteiger partial charge in [-0.15, -0.1) is 0 Å². The van der Waals surface area contributed by atoms with Crippen LogP contribution in [0.5, 0.6) is 0 Å². The summed E-state index contributed by atoms with van der Waals surface area (Å²) in [5.41, 5.74) is 2.02. The van der Waals surface area contributed by atoms with Gasteiger partial charge in [-0.25, -0.2) is 4.79 Å². The second-order valence-corrected chi connectivity index (χ2v) is 7.38. The molecule has 1 aromatic rings. The second kappa shape index (κ2) is 7.95. The lowest BCUT2D eigenvalue weighted by Crippen LogP contribution is -2.42. The van der Waals surface area contributed by atoms with E-state index in [9.17, 15) is 14.4 Å². The summed E-state index contributed by atoms with van der Waals surface area (Å²) < 4.78 is 4.63. The predicted octanol–water partition coefficient (Wildman–Crippen LogP) is 3.27. The molecule has 0 saturated carbocycles. The van der Waals surface area contributed by atoms with Crippen LogP contribution < -0.4 is 4.90 Å². The molecule has 0 aliphatic carbocycles. The maximum atomic E-state index is 12.5. The third-order valence-corrected chi connectivity index (χ3v) is 5.55. The number of anilines is 1. The van der Waals surface area contributed by atoms with Crippen LogP contribution in [0.4, 0.5) is 10.5 Å². The molecule has 0 N–H and O–H groups in total. The number of hydrogen-bond acceptors (Lipinski definition) is 6. The molecule has 2 aliphatic heterocycles. The molecule has 0 bridgehead atoms. The lowest BCUT2D eigenvalue weighted by atomic mass is 10.1. The smallest absolute Gasteiger partial charge is 0.328 e. The molecule has 3 rings (SSSR count). The predicted molar refractivity (Wildman–Crippen MR) is 102 cm³/mol. The number of hydrogen-bond donors (Lipinski definition) is 0. The fraction of sp³-hybridized carbons (Fsp3) is 0.421. The van der Waals surface area contributed by atoms with Crippen LogP contribution in [0, 0.1) is 0 Å². The molecule has 2 amide bonds. The summed E-state index contributed by atoms with van der Waals surface area (Å²) in [6.45, 7) is 3.63. The molecule has 2 fully saturated rings. The van der Waals surface area contributed by atoms with Crippen molar-refractivity contribution in [3.8, 4) is 0 Å². The number of carbonyl (C=O) groups is 3. The van der Waals surface area contributed by atoms with Crippen molar-refractivity contribution < 1.29 is 19.1 Å². The molecule has 0 spiro atoms. The molecule has 0 aromatic heterocycles. The van der Waals surface area contributed by atoms with E-state index in [4.69, 9.17) is 0 Å². The largest absolute Gasteiger partial charge is 0.467 e. The molecule has 2 heterocycles. The number of rotatable bonds is 4. The number of thioether (sulfide) groups is 1. The van der Waals surface area contributed by atoms with Crippen LogP contribution >= 0.6 is 11.8 Å². The summed E-state index contributed by atoms with van der Waals surface area (Å²) in [5.74, 6) is -1.07. The Labute approximate surface area is 157 Å². The number of carbonyl (C=O) groups excluding carboxylic acids is 3. The average Bonchev–Trinajstić information content (AvgIpc) is 2.95. The van der Waals surface area contributed by atoms with Crippen molar-refractivity contribution in [1.29, 1.82) is 0 Å². The minimum Gasteiger partial charge on any atom is -0.467 e. The van der Waals surface area contributed by atoms with E-state index in [-0.39, 0.29) is 0 Å². The topological polar surface area (TPSA) is 66.9 Å². The summed E-state index contributed by atoms with van der Waals surface area (Å²) in [6.07, 6.45) is 5.41. The molecule has 1 unspecified atom stereocenters. The molecule has 2 aliphatic rings. The highest BCUT2D eigenvalue weighted by atomic mass is 32.2. The van der Waals surface area contributed by atoms with Crippen molar-refractivity contribution in [2.45, 2.75) is 32.2 Å². The number of imide groups is 1. The van der Waals surface area contributed by atoms with Crippen LogP contribution in [0.3, 0.4) is 0 Å². The van der Waals surface area contributed by atoms with Crippen molar-refractivity contribution >= 4 is 40.6 Å². The first-order valence-corrected chi connectivity index (χ1v) is 9.53. The van der Waals surface area contributed by atoms with E-state index in [1.54, 1.807) is 6.08 Å². The van der Waals surface area contributed by atoms with Gasteiger partial charge in [0.25, 0.3) is 11.1 Å². The van der Waals surface area contributed by atoms with Gasteiger partial charge >= 0.3 is 5.97 Å². The summed E-state index contributed by atoms with van der Waals surface area (Å²) in [6, 6.07) is 7.04. The summed E-state index contributed by atoms with van der Waals surface area (Å²) in [4.78, 5) is 39.9. The number of benzene rings is 1. The molecule has 1 aromatic carbocycles. The standard InChI is InChI=1S/C19H22N2O4S/c1-13(18(23)25-2)21-17(22)16(26-19(21)24)12-14-6-8-15(9-7-14)20-10-4-3-5-11-20/h6-9,12-13H,3-5,10-11H2,1-2H3. The van der Waals surface area contributed by atoms with Gasteiger partial charge in [0.05, 0.1) is 12.0 Å². The molecule has 138 valence electrons. The SMILES string of the molecule is COC(=O)C(C)N1C(=O)SC(=Cc2ccc(N3CCCCC3)cc2)C1=O. The van der Waals surface area contributed by atoms with Crippen LogP contribution in [0.2, 0.25) is 0 Å². The van der Waals surface area contributed by atoms with Gasteiger partial charge < -0.3 is 9.64 Å². The Morgan fingerprint density at radius 3 is 2.42 bits per heavy atom. The quantitative estimate of drug-likeness (QED) is 0.595. The van der Waals surface area contributed by atoms with Gasteiger partial charge in [-0.3, -0.25) is 14.5 Å². The molecule has 7 heteroatoms. The van der Waals surface area contributed by atoms with E-state index in [0.29, 0.717) is 4.91 Å². The van der Waals surface area contributed by atoms with Gasteiger partial charge in [-0.2, -0.15) is 0 Å². The minimum absolute atomic E-state index is 0.316. The Kier molecular flexibility index (Phi) is 5.66. The number of esters is 1. The van der Waals surface area contributed by atoms with Gasteiger partial charge in [-0.05, 0) is 61.7 Å². The molecule has 26 heavy (non-hydrogen) atoms. The third-order valence-electron chi connectivity index (χ3n) is 4.67. The fourth-order valence-electron chi connectivity index (χ4n) is 3.17. The van der Waals surface area contributed by atoms with E-state index >= 15 is 0 Å². The normalized spacial score (nSPS) is 20.6. The molecule has 1 atom stereocenters. The summed E-state index contributed by atoms with van der Waals surface area (Å²) >= 11 is 0.845. The number of amides is 2. The van der Waals surface area contributed by atoms with Gasteiger partial charge in [0, 0.05) is 18.8 Å². The van der Waals surface area contributed by atoms with E-state index < -0.39 is 23.2 Å². The van der Waals surface area contributed by atoms with E-state index in [1.807, 2.05) is 24.3 Å². The van der Waals surface area contributed by atoms with E-state index in [2.05, 4.69) is 9.64 Å². The third kappa shape index (κ3) is 3.77. The summed E-state index contributed by atoms with van der Waals surface area (Å²) in [7, 11) is 1.23. The maximum Gasteiger partial charge on any atom is 0.328 e. The maximum absolute atomic E-state index is 12.5. The highest BCUT2D eigenvalue weighted by Crippen LogP contribution is 2.34. The van der Waals surface area contributed by atoms with Crippen LogP contribution in [-0.4, -0.2) is 48.3 Å². The van der Waals surface area contributed by atoms with Crippen molar-refractivity contribution in [3.05, 3.63) is 34.7 Å². The Bertz CT molecular complexity index is 738. The van der Waals surface area contributed by atoms with Gasteiger partial charge in [0.1, 0.15) is 6.04 Å².